The first kappa shape index (κ1) is 18.0. The zero-order chi connectivity index (χ0) is 19.0. The monoisotopic (exact) mass is 363 g/mol. The van der Waals surface area contributed by atoms with Crippen LogP contribution in [0.25, 0.3) is 16.5 Å². The Balaban J connectivity index is 1.88. The van der Waals surface area contributed by atoms with E-state index in [0.717, 1.165) is 11.4 Å². The molecule has 4 rings (SSSR count). The Morgan fingerprint density at radius 3 is 2.26 bits per heavy atom. The van der Waals surface area contributed by atoms with Gasteiger partial charge < -0.3 is 9.30 Å². The van der Waals surface area contributed by atoms with Crippen molar-refractivity contribution in [3.8, 4) is 11.4 Å². The summed E-state index contributed by atoms with van der Waals surface area (Å²) in [5, 5.41) is 11.8. The van der Waals surface area contributed by atoms with E-state index >= 15 is 0 Å². The van der Waals surface area contributed by atoms with Gasteiger partial charge in [-0.3, -0.25) is 0 Å². The normalized spacial score (nSPS) is 15.4. The summed E-state index contributed by atoms with van der Waals surface area (Å²) in [4.78, 5) is 0. The molecule has 27 heavy (non-hydrogen) atoms. The Morgan fingerprint density at radius 1 is 0.926 bits per heavy atom. The molecule has 1 aromatic carbocycles. The van der Waals surface area contributed by atoms with Gasteiger partial charge in [0.25, 0.3) is 0 Å². The summed E-state index contributed by atoms with van der Waals surface area (Å²) in [6, 6.07) is 8.38. The average molecular weight is 364 g/mol. The van der Waals surface area contributed by atoms with Crippen molar-refractivity contribution in [2.24, 2.45) is 0 Å². The molecule has 1 aliphatic carbocycles. The highest BCUT2D eigenvalue weighted by Gasteiger charge is 2.25. The molecule has 0 bridgehead atoms. The number of ether oxygens (including phenoxy) is 1. The maximum Gasteiger partial charge on any atom is 0.119 e. The van der Waals surface area contributed by atoms with E-state index in [4.69, 9.17) is 9.84 Å². The van der Waals surface area contributed by atoms with Gasteiger partial charge in [0.05, 0.1) is 18.0 Å². The topological polar surface area (TPSA) is 39.9 Å². The van der Waals surface area contributed by atoms with Gasteiger partial charge in [-0.15, -0.1) is 0 Å². The molecule has 1 aliphatic rings. The van der Waals surface area contributed by atoms with Crippen molar-refractivity contribution < 1.29 is 4.74 Å². The summed E-state index contributed by atoms with van der Waals surface area (Å²) in [5.74, 6) is 1.46. The fourth-order valence-electron chi connectivity index (χ4n) is 4.73. The molecule has 2 heterocycles. The highest BCUT2D eigenvalue weighted by atomic mass is 16.5. The Morgan fingerprint density at radius 2 is 1.59 bits per heavy atom. The summed E-state index contributed by atoms with van der Waals surface area (Å²) in [7, 11) is 0. The first-order valence-electron chi connectivity index (χ1n) is 10.2. The van der Waals surface area contributed by atoms with Crippen molar-refractivity contribution in [1.29, 1.82) is 0 Å². The predicted octanol–water partition coefficient (Wildman–Crippen LogP) is 5.79. The van der Waals surface area contributed by atoms with Crippen molar-refractivity contribution in [3.05, 3.63) is 47.0 Å². The van der Waals surface area contributed by atoms with Crippen molar-refractivity contribution >= 4 is 10.8 Å². The summed E-state index contributed by atoms with van der Waals surface area (Å²) in [6.07, 6.45) is 6.43. The van der Waals surface area contributed by atoms with Gasteiger partial charge >= 0.3 is 0 Å². The van der Waals surface area contributed by atoms with Crippen LogP contribution >= 0.6 is 0 Å². The second-order valence-corrected chi connectivity index (χ2v) is 7.69. The Hall–Kier alpha value is -2.36. The molecule has 142 valence electrons. The number of hydrogen-bond donors (Lipinski definition) is 0. The number of rotatable bonds is 4. The summed E-state index contributed by atoms with van der Waals surface area (Å²) >= 11 is 0. The molecule has 2 aromatic heterocycles. The van der Waals surface area contributed by atoms with Crippen LogP contribution in [0.2, 0.25) is 0 Å². The first-order valence-corrected chi connectivity index (χ1v) is 10.2. The van der Waals surface area contributed by atoms with E-state index in [0.29, 0.717) is 12.5 Å². The molecule has 1 saturated carbocycles. The molecule has 4 heteroatoms. The minimum atomic E-state index is 0.545. The zero-order valence-electron chi connectivity index (χ0n) is 16.9. The van der Waals surface area contributed by atoms with E-state index < -0.39 is 0 Å². The largest absolute Gasteiger partial charge is 0.494 e. The lowest BCUT2D eigenvalue weighted by molar-refractivity contribution is 0.340. The highest BCUT2D eigenvalue weighted by molar-refractivity contribution is 5.93. The molecule has 0 saturated heterocycles. The summed E-state index contributed by atoms with van der Waals surface area (Å²) in [5.41, 5.74) is 5.91. The van der Waals surface area contributed by atoms with Crippen LogP contribution in [0.15, 0.2) is 24.3 Å². The zero-order valence-corrected chi connectivity index (χ0v) is 16.9. The van der Waals surface area contributed by atoms with Crippen molar-refractivity contribution in [1.82, 2.24) is 14.8 Å². The third kappa shape index (κ3) is 3.11. The van der Waals surface area contributed by atoms with E-state index in [1.54, 1.807) is 0 Å². The molecular weight excluding hydrogens is 334 g/mol. The second kappa shape index (κ2) is 7.34. The predicted molar refractivity (Wildman–Crippen MR) is 110 cm³/mol. The van der Waals surface area contributed by atoms with E-state index in [9.17, 15) is 0 Å². The van der Waals surface area contributed by atoms with Crippen LogP contribution in [0.3, 0.4) is 0 Å². The smallest absolute Gasteiger partial charge is 0.119 e. The fourth-order valence-corrected chi connectivity index (χ4v) is 4.73. The number of aromatic nitrogens is 3. The molecule has 0 radical (unpaired) electrons. The Bertz CT molecular complexity index is 950. The lowest BCUT2D eigenvalue weighted by Crippen LogP contribution is -2.09. The molecule has 4 nitrogen and oxygen atoms in total. The van der Waals surface area contributed by atoms with Crippen LogP contribution < -0.4 is 4.74 Å². The Labute approximate surface area is 161 Å². The highest BCUT2D eigenvalue weighted by Crippen LogP contribution is 2.39. The van der Waals surface area contributed by atoms with Crippen molar-refractivity contribution in [2.45, 2.75) is 65.7 Å². The lowest BCUT2D eigenvalue weighted by Gasteiger charge is -2.21. The average Bonchev–Trinajstić information content (AvgIpc) is 2.96. The standard InChI is InChI=1S/C23H29N3O/c1-5-27-20-13-11-19(12-14-20)26-16(3)21-15(2)24-25-23(22(21)17(26)4)18-9-7-6-8-10-18/h11-14,18H,5-10H2,1-4H3. The van der Waals surface area contributed by atoms with E-state index in [-0.39, 0.29) is 0 Å². The van der Waals surface area contributed by atoms with Crippen molar-refractivity contribution in [2.75, 3.05) is 6.61 Å². The van der Waals surface area contributed by atoms with Gasteiger partial charge in [0.15, 0.2) is 0 Å². The summed E-state index contributed by atoms with van der Waals surface area (Å²) in [6.45, 7) is 9.20. The first-order chi connectivity index (χ1) is 13.1. The van der Waals surface area contributed by atoms with Gasteiger partial charge in [0, 0.05) is 33.8 Å². The molecule has 0 spiro atoms. The van der Waals surface area contributed by atoms with Crippen LogP contribution in [-0.2, 0) is 0 Å². The number of hydrogen-bond acceptors (Lipinski definition) is 3. The van der Waals surface area contributed by atoms with Gasteiger partial charge in [-0.1, -0.05) is 19.3 Å². The van der Waals surface area contributed by atoms with E-state index in [1.807, 2.05) is 19.1 Å². The molecule has 0 atom stereocenters. The molecule has 0 N–H and O–H groups in total. The molecule has 0 amide bonds. The molecular formula is C23H29N3O. The van der Waals surface area contributed by atoms with Gasteiger partial charge in [-0.2, -0.15) is 10.2 Å². The Kier molecular flexibility index (Phi) is 4.90. The molecule has 1 fully saturated rings. The maximum absolute atomic E-state index is 5.60. The van der Waals surface area contributed by atoms with Crippen LogP contribution in [0.1, 0.15) is 67.7 Å². The number of benzene rings is 1. The third-order valence-corrected chi connectivity index (χ3v) is 5.97. The quantitative estimate of drug-likeness (QED) is 0.589. The molecule has 3 aromatic rings. The summed E-state index contributed by atoms with van der Waals surface area (Å²) < 4.78 is 7.95. The minimum absolute atomic E-state index is 0.545. The third-order valence-electron chi connectivity index (χ3n) is 5.97. The SMILES string of the molecule is CCOc1ccc(-n2c(C)c3c(C)nnc(C4CCCCC4)c3c2C)cc1. The van der Waals surface area contributed by atoms with Gasteiger partial charge in [0.1, 0.15) is 5.75 Å². The van der Waals surface area contributed by atoms with Gasteiger partial charge in [0.2, 0.25) is 0 Å². The second-order valence-electron chi connectivity index (χ2n) is 7.69. The van der Waals surface area contributed by atoms with Gasteiger partial charge in [-0.25, -0.2) is 0 Å². The molecule has 0 unspecified atom stereocenters. The minimum Gasteiger partial charge on any atom is -0.494 e. The fraction of sp³-hybridized carbons (Fsp3) is 0.478. The van der Waals surface area contributed by atoms with Gasteiger partial charge in [-0.05, 0) is 64.8 Å². The maximum atomic E-state index is 5.60. The number of fused-ring (bicyclic) bond motifs is 1. The van der Waals surface area contributed by atoms with Crippen LogP contribution in [0.5, 0.6) is 5.75 Å². The van der Waals surface area contributed by atoms with E-state index in [1.165, 1.54) is 65.6 Å². The number of aryl methyl sites for hydroxylation is 3. The van der Waals surface area contributed by atoms with Crippen molar-refractivity contribution in [3.63, 3.8) is 0 Å². The number of nitrogens with zero attached hydrogens (tertiary/aromatic N) is 3. The van der Waals surface area contributed by atoms with Crippen LogP contribution in [-0.4, -0.2) is 21.4 Å². The van der Waals surface area contributed by atoms with Crippen LogP contribution in [0.4, 0.5) is 0 Å². The van der Waals surface area contributed by atoms with Crippen LogP contribution in [0, 0.1) is 20.8 Å². The molecule has 0 aliphatic heterocycles. The van der Waals surface area contributed by atoms with E-state index in [2.05, 4.69) is 42.6 Å². The lowest BCUT2D eigenvalue weighted by atomic mass is 9.85.